The minimum absolute atomic E-state index is 0.0255. The summed E-state index contributed by atoms with van der Waals surface area (Å²) in [5, 5.41) is 12.4. The molecule has 0 bridgehead atoms. The van der Waals surface area contributed by atoms with E-state index < -0.39 is 17.3 Å². The van der Waals surface area contributed by atoms with Gasteiger partial charge in [0.05, 0.1) is 34.0 Å². The third kappa shape index (κ3) is 4.67. The van der Waals surface area contributed by atoms with Gasteiger partial charge in [-0.2, -0.15) is 18.3 Å². The smallest absolute Gasteiger partial charge is 0.382 e. The average molecular weight is 569 g/mol. The van der Waals surface area contributed by atoms with Crippen LogP contribution < -0.4 is 10.9 Å². The minimum atomic E-state index is -4.61. The molecular weight excluding hydrogens is 541 g/mol. The Morgan fingerprint density at radius 2 is 1.69 bits per heavy atom. The second kappa shape index (κ2) is 9.99. The fourth-order valence-corrected chi connectivity index (χ4v) is 5.87. The van der Waals surface area contributed by atoms with Gasteiger partial charge < -0.3 is 10.2 Å². The van der Waals surface area contributed by atoms with E-state index in [1.807, 2.05) is 43.4 Å². The minimum Gasteiger partial charge on any atom is -0.382 e. The molecular formula is C32H27F3N6O. The summed E-state index contributed by atoms with van der Waals surface area (Å²) in [6.45, 7) is 1.64. The summed E-state index contributed by atoms with van der Waals surface area (Å²) in [4.78, 5) is 20.1. The lowest BCUT2D eigenvalue weighted by Crippen LogP contribution is -2.37. The molecule has 42 heavy (non-hydrogen) atoms. The predicted molar refractivity (Wildman–Crippen MR) is 159 cm³/mol. The molecule has 3 aromatic carbocycles. The maximum absolute atomic E-state index is 14.4. The Morgan fingerprint density at radius 3 is 2.50 bits per heavy atom. The maximum atomic E-state index is 14.4. The molecule has 0 radical (unpaired) electrons. The number of rotatable bonds is 4. The second-order valence-electron chi connectivity index (χ2n) is 10.9. The average Bonchev–Trinajstić information content (AvgIpc) is 3.46. The summed E-state index contributed by atoms with van der Waals surface area (Å²) in [5.41, 5.74) is 2.82. The van der Waals surface area contributed by atoms with Crippen LogP contribution in [-0.4, -0.2) is 50.8 Å². The molecule has 1 saturated heterocycles. The van der Waals surface area contributed by atoms with Crippen molar-refractivity contribution < 1.29 is 13.2 Å². The standard InChI is InChI=1S/C32H27F3N6O/c1-40-12-10-23(11-13-40)38-29-8-5-24(16-26(29)32(33,34)35)41-30(42)9-4-21-17-36-28-7-3-20(15-25(28)31(21)41)19-2-6-27-22(14-19)18-37-39-27/h2-9,14-18,23,38H,10-13H2,1H3,(H,37,39). The highest BCUT2D eigenvalue weighted by molar-refractivity contribution is 6.05. The molecule has 2 N–H and O–H groups in total. The number of nitrogens with one attached hydrogen (secondary N) is 2. The molecule has 0 atom stereocenters. The number of hydrogen-bond donors (Lipinski definition) is 2. The Hall–Kier alpha value is -4.70. The zero-order valence-corrected chi connectivity index (χ0v) is 22.7. The number of hydrogen-bond acceptors (Lipinski definition) is 5. The molecule has 1 aliphatic heterocycles. The van der Waals surface area contributed by atoms with Gasteiger partial charge in [0.2, 0.25) is 0 Å². The molecule has 1 aliphatic rings. The number of aromatic nitrogens is 4. The highest BCUT2D eigenvalue weighted by Gasteiger charge is 2.35. The van der Waals surface area contributed by atoms with Crippen molar-refractivity contribution in [2.24, 2.45) is 0 Å². The van der Waals surface area contributed by atoms with Gasteiger partial charge in [-0.1, -0.05) is 12.1 Å². The van der Waals surface area contributed by atoms with Crippen molar-refractivity contribution in [1.29, 1.82) is 0 Å². The zero-order valence-electron chi connectivity index (χ0n) is 22.7. The molecule has 6 aromatic rings. The first-order chi connectivity index (χ1) is 20.2. The largest absolute Gasteiger partial charge is 0.418 e. The molecule has 212 valence electrons. The fraction of sp³-hybridized carbons (Fsp3) is 0.219. The van der Waals surface area contributed by atoms with Crippen LogP contribution in [0.1, 0.15) is 18.4 Å². The summed E-state index contributed by atoms with van der Waals surface area (Å²) in [5.74, 6) is 0. The fourth-order valence-electron chi connectivity index (χ4n) is 5.87. The van der Waals surface area contributed by atoms with Gasteiger partial charge in [0.1, 0.15) is 0 Å². The summed E-state index contributed by atoms with van der Waals surface area (Å²) < 4.78 is 44.6. The van der Waals surface area contributed by atoms with Gasteiger partial charge in [-0.25, -0.2) is 0 Å². The molecule has 4 heterocycles. The van der Waals surface area contributed by atoms with Crippen molar-refractivity contribution in [3.63, 3.8) is 0 Å². The number of alkyl halides is 3. The lowest BCUT2D eigenvalue weighted by molar-refractivity contribution is -0.137. The Bertz CT molecular complexity index is 2020. The Labute approximate surface area is 238 Å². The van der Waals surface area contributed by atoms with Crippen molar-refractivity contribution in [2.75, 3.05) is 25.5 Å². The van der Waals surface area contributed by atoms with Crippen LogP contribution >= 0.6 is 0 Å². The normalized spacial score (nSPS) is 15.1. The van der Waals surface area contributed by atoms with E-state index in [0.717, 1.165) is 54.0 Å². The molecule has 3 aromatic heterocycles. The van der Waals surface area contributed by atoms with E-state index in [1.165, 1.54) is 16.7 Å². The van der Waals surface area contributed by atoms with Gasteiger partial charge >= 0.3 is 6.18 Å². The Kier molecular flexibility index (Phi) is 6.23. The van der Waals surface area contributed by atoms with Crippen molar-refractivity contribution in [2.45, 2.75) is 25.1 Å². The highest BCUT2D eigenvalue weighted by atomic mass is 19.4. The van der Waals surface area contributed by atoms with Gasteiger partial charge in [-0.15, -0.1) is 0 Å². The summed E-state index contributed by atoms with van der Waals surface area (Å²) in [6.07, 6.45) is 0.296. The van der Waals surface area contributed by atoms with Crippen LogP contribution in [0.15, 0.2) is 83.9 Å². The summed E-state index contributed by atoms with van der Waals surface area (Å²) >= 11 is 0. The van der Waals surface area contributed by atoms with Crippen LogP contribution in [0.5, 0.6) is 0 Å². The Morgan fingerprint density at radius 1 is 0.905 bits per heavy atom. The number of piperidine rings is 1. The predicted octanol–water partition coefficient (Wildman–Crippen LogP) is 6.61. The van der Waals surface area contributed by atoms with Crippen LogP contribution in [-0.2, 0) is 6.18 Å². The quantitative estimate of drug-likeness (QED) is 0.234. The van der Waals surface area contributed by atoms with E-state index in [4.69, 9.17) is 0 Å². The van der Waals surface area contributed by atoms with Crippen molar-refractivity contribution in [3.05, 3.63) is 95.0 Å². The van der Waals surface area contributed by atoms with Gasteiger partial charge in [-0.05, 0) is 92.6 Å². The van der Waals surface area contributed by atoms with Crippen molar-refractivity contribution in [1.82, 2.24) is 24.6 Å². The zero-order chi connectivity index (χ0) is 29.0. The third-order valence-corrected chi connectivity index (χ3v) is 8.14. The van der Waals surface area contributed by atoms with Gasteiger partial charge in [-0.3, -0.25) is 19.4 Å². The summed E-state index contributed by atoms with van der Waals surface area (Å²) in [7, 11) is 2.01. The van der Waals surface area contributed by atoms with E-state index in [1.54, 1.807) is 24.5 Å². The topological polar surface area (TPSA) is 78.8 Å². The number of anilines is 1. The van der Waals surface area contributed by atoms with Crippen LogP contribution in [0.4, 0.5) is 18.9 Å². The van der Waals surface area contributed by atoms with Crippen LogP contribution in [0.25, 0.3) is 49.5 Å². The number of aromatic amines is 1. The van der Waals surface area contributed by atoms with E-state index in [-0.39, 0.29) is 17.4 Å². The van der Waals surface area contributed by atoms with Gasteiger partial charge in [0.25, 0.3) is 5.56 Å². The van der Waals surface area contributed by atoms with Crippen LogP contribution in [0.2, 0.25) is 0 Å². The number of likely N-dealkylation sites (tertiary alicyclic amines) is 1. The lowest BCUT2D eigenvalue weighted by atomic mass is 10.0. The van der Waals surface area contributed by atoms with E-state index >= 15 is 0 Å². The molecule has 0 aliphatic carbocycles. The van der Waals surface area contributed by atoms with Gasteiger partial charge in [0, 0.05) is 40.2 Å². The molecule has 10 heteroatoms. The second-order valence-corrected chi connectivity index (χ2v) is 10.9. The molecule has 0 spiro atoms. The first kappa shape index (κ1) is 26.2. The number of halogens is 3. The number of nitrogens with zero attached hydrogens (tertiary/aromatic N) is 4. The van der Waals surface area contributed by atoms with Crippen LogP contribution in [0.3, 0.4) is 0 Å². The molecule has 0 unspecified atom stereocenters. The lowest BCUT2D eigenvalue weighted by Gasteiger charge is -2.31. The monoisotopic (exact) mass is 568 g/mol. The van der Waals surface area contributed by atoms with E-state index in [2.05, 4.69) is 25.4 Å². The number of fused-ring (bicyclic) bond motifs is 4. The van der Waals surface area contributed by atoms with Crippen molar-refractivity contribution in [3.8, 4) is 16.8 Å². The number of H-pyrrole nitrogens is 1. The first-order valence-electron chi connectivity index (χ1n) is 13.8. The molecule has 0 saturated carbocycles. The molecule has 1 fully saturated rings. The molecule has 7 rings (SSSR count). The third-order valence-electron chi connectivity index (χ3n) is 8.14. The molecule has 7 nitrogen and oxygen atoms in total. The van der Waals surface area contributed by atoms with Crippen LogP contribution in [0, 0.1) is 0 Å². The SMILES string of the molecule is CN1CCC(Nc2ccc(-n3c(=O)ccc4cnc5ccc(-c6ccc7[nH]ncc7c6)cc5c43)cc2C(F)(F)F)CC1. The number of benzene rings is 3. The number of pyridine rings is 2. The Balaban J connectivity index is 1.39. The maximum Gasteiger partial charge on any atom is 0.418 e. The van der Waals surface area contributed by atoms with E-state index in [9.17, 15) is 18.0 Å². The summed E-state index contributed by atoms with van der Waals surface area (Å²) in [6, 6.07) is 18.7. The molecule has 0 amide bonds. The van der Waals surface area contributed by atoms with Crippen molar-refractivity contribution >= 4 is 38.4 Å². The highest BCUT2D eigenvalue weighted by Crippen LogP contribution is 2.38. The van der Waals surface area contributed by atoms with Gasteiger partial charge in [0.15, 0.2) is 0 Å². The van der Waals surface area contributed by atoms with E-state index in [0.29, 0.717) is 21.8 Å². The first-order valence-corrected chi connectivity index (χ1v) is 13.8.